The largest absolute Gasteiger partial charge is 0.298 e. The standard InChI is InChI=1S/C27H26O2/c28-18-25-23(20-11-5-1-2-6-12-20)17-24(21-13-7-3-8-14-21)27(26(25)19-29)22-15-9-4-10-16-22/h3-4,7-10,13-20H,1-2,5-6,11-12H2. The molecule has 1 saturated carbocycles. The van der Waals surface area contributed by atoms with Crippen molar-refractivity contribution in [2.75, 3.05) is 0 Å². The molecule has 4 rings (SSSR count). The van der Waals surface area contributed by atoms with Gasteiger partial charge in [-0.05, 0) is 47.1 Å². The van der Waals surface area contributed by atoms with Crippen LogP contribution in [0.2, 0.25) is 0 Å². The van der Waals surface area contributed by atoms with E-state index in [4.69, 9.17) is 0 Å². The summed E-state index contributed by atoms with van der Waals surface area (Å²) >= 11 is 0. The van der Waals surface area contributed by atoms with Gasteiger partial charge in [-0.3, -0.25) is 9.59 Å². The molecule has 0 saturated heterocycles. The number of aldehydes is 2. The Kier molecular flexibility index (Phi) is 6.00. The molecule has 0 bridgehead atoms. The smallest absolute Gasteiger partial charge is 0.151 e. The average molecular weight is 383 g/mol. The second-order valence-electron chi connectivity index (χ2n) is 7.87. The van der Waals surface area contributed by atoms with Crippen LogP contribution in [-0.4, -0.2) is 12.6 Å². The Labute approximate surface area is 172 Å². The van der Waals surface area contributed by atoms with Crippen molar-refractivity contribution in [1.29, 1.82) is 0 Å². The molecule has 2 nitrogen and oxygen atoms in total. The van der Waals surface area contributed by atoms with Crippen LogP contribution in [0, 0.1) is 0 Å². The summed E-state index contributed by atoms with van der Waals surface area (Å²) in [4.78, 5) is 24.5. The molecule has 0 N–H and O–H groups in total. The third-order valence-corrected chi connectivity index (χ3v) is 6.12. The van der Waals surface area contributed by atoms with Gasteiger partial charge < -0.3 is 0 Å². The quantitative estimate of drug-likeness (QED) is 0.349. The first-order valence-electron chi connectivity index (χ1n) is 10.6. The highest BCUT2D eigenvalue weighted by Gasteiger charge is 2.24. The van der Waals surface area contributed by atoms with Gasteiger partial charge in [0.25, 0.3) is 0 Å². The zero-order chi connectivity index (χ0) is 20.1. The fraction of sp³-hybridized carbons (Fsp3) is 0.259. The predicted octanol–water partition coefficient (Wildman–Crippen LogP) is 7.08. The lowest BCUT2D eigenvalue weighted by atomic mass is 9.80. The topological polar surface area (TPSA) is 34.1 Å². The number of rotatable bonds is 5. The molecule has 146 valence electrons. The van der Waals surface area contributed by atoms with Gasteiger partial charge in [-0.15, -0.1) is 0 Å². The maximum Gasteiger partial charge on any atom is 0.151 e. The molecular formula is C27H26O2. The maximum absolute atomic E-state index is 12.3. The second-order valence-corrected chi connectivity index (χ2v) is 7.87. The Bertz CT molecular complexity index is 982. The van der Waals surface area contributed by atoms with Crippen LogP contribution in [0.5, 0.6) is 0 Å². The Morgan fingerprint density at radius 1 is 0.655 bits per heavy atom. The van der Waals surface area contributed by atoms with E-state index in [1.807, 2.05) is 48.5 Å². The zero-order valence-corrected chi connectivity index (χ0v) is 16.6. The van der Waals surface area contributed by atoms with Gasteiger partial charge in [0.2, 0.25) is 0 Å². The summed E-state index contributed by atoms with van der Waals surface area (Å²) in [5.41, 5.74) is 6.06. The minimum Gasteiger partial charge on any atom is -0.298 e. The molecule has 0 spiro atoms. The number of hydrogen-bond acceptors (Lipinski definition) is 2. The molecule has 0 atom stereocenters. The van der Waals surface area contributed by atoms with E-state index in [9.17, 15) is 9.59 Å². The third-order valence-electron chi connectivity index (χ3n) is 6.12. The van der Waals surface area contributed by atoms with Crippen LogP contribution >= 0.6 is 0 Å². The van der Waals surface area contributed by atoms with Crippen molar-refractivity contribution in [2.24, 2.45) is 0 Å². The fourth-order valence-electron chi connectivity index (χ4n) is 4.68. The number of benzene rings is 3. The maximum atomic E-state index is 12.3. The number of carbonyl (C=O) groups is 2. The number of hydrogen-bond donors (Lipinski definition) is 0. The Morgan fingerprint density at radius 2 is 1.21 bits per heavy atom. The summed E-state index contributed by atoms with van der Waals surface area (Å²) in [7, 11) is 0. The highest BCUT2D eigenvalue weighted by atomic mass is 16.1. The summed E-state index contributed by atoms with van der Waals surface area (Å²) in [6, 6.07) is 22.3. The number of carbonyl (C=O) groups excluding carboxylic acids is 2. The summed E-state index contributed by atoms with van der Waals surface area (Å²) in [6.07, 6.45) is 8.79. The molecule has 1 aliphatic carbocycles. The molecule has 1 fully saturated rings. The van der Waals surface area contributed by atoms with E-state index in [2.05, 4.69) is 18.2 Å². The van der Waals surface area contributed by atoms with Crippen LogP contribution in [0.3, 0.4) is 0 Å². The summed E-state index contributed by atoms with van der Waals surface area (Å²) in [6.45, 7) is 0. The van der Waals surface area contributed by atoms with Crippen molar-refractivity contribution >= 4 is 12.6 Å². The zero-order valence-electron chi connectivity index (χ0n) is 16.6. The van der Waals surface area contributed by atoms with Crippen LogP contribution in [-0.2, 0) is 0 Å². The molecule has 0 aliphatic heterocycles. The average Bonchev–Trinajstić information content (AvgIpc) is 3.08. The molecule has 2 heteroatoms. The van der Waals surface area contributed by atoms with E-state index in [0.717, 1.165) is 53.2 Å². The first kappa shape index (κ1) is 19.3. The predicted molar refractivity (Wildman–Crippen MR) is 119 cm³/mol. The van der Waals surface area contributed by atoms with E-state index >= 15 is 0 Å². The van der Waals surface area contributed by atoms with Crippen molar-refractivity contribution in [3.8, 4) is 22.3 Å². The van der Waals surface area contributed by atoms with Gasteiger partial charge in [-0.1, -0.05) is 86.3 Å². The second kappa shape index (κ2) is 9.00. The van der Waals surface area contributed by atoms with E-state index < -0.39 is 0 Å². The fourth-order valence-corrected chi connectivity index (χ4v) is 4.68. The minimum atomic E-state index is 0.337. The van der Waals surface area contributed by atoms with Gasteiger partial charge in [0, 0.05) is 16.7 Å². The summed E-state index contributed by atoms with van der Waals surface area (Å²) in [5, 5.41) is 0. The Hall–Kier alpha value is -3.00. The van der Waals surface area contributed by atoms with Gasteiger partial charge in [-0.2, -0.15) is 0 Å². The van der Waals surface area contributed by atoms with Crippen molar-refractivity contribution < 1.29 is 9.59 Å². The van der Waals surface area contributed by atoms with E-state index in [1.54, 1.807) is 0 Å². The van der Waals surface area contributed by atoms with Crippen LogP contribution in [0.15, 0.2) is 66.7 Å². The van der Waals surface area contributed by atoms with Crippen molar-refractivity contribution in [1.82, 2.24) is 0 Å². The molecule has 3 aromatic carbocycles. The van der Waals surface area contributed by atoms with Crippen LogP contribution < -0.4 is 0 Å². The van der Waals surface area contributed by atoms with Crippen LogP contribution in [0.1, 0.15) is 70.7 Å². The van der Waals surface area contributed by atoms with E-state index in [1.165, 1.54) is 25.7 Å². The van der Waals surface area contributed by atoms with Crippen LogP contribution in [0.25, 0.3) is 22.3 Å². The van der Waals surface area contributed by atoms with Crippen molar-refractivity contribution in [3.63, 3.8) is 0 Å². The van der Waals surface area contributed by atoms with Gasteiger partial charge in [-0.25, -0.2) is 0 Å². The highest BCUT2D eigenvalue weighted by Crippen LogP contribution is 2.42. The van der Waals surface area contributed by atoms with Gasteiger partial charge in [0.1, 0.15) is 0 Å². The molecule has 0 heterocycles. The molecule has 0 unspecified atom stereocenters. The highest BCUT2D eigenvalue weighted by molar-refractivity contribution is 6.03. The van der Waals surface area contributed by atoms with Crippen LogP contribution in [0.4, 0.5) is 0 Å². The normalized spacial score (nSPS) is 14.9. The van der Waals surface area contributed by atoms with Gasteiger partial charge >= 0.3 is 0 Å². The lowest BCUT2D eigenvalue weighted by Gasteiger charge is -2.23. The lowest BCUT2D eigenvalue weighted by molar-refractivity contribution is 0.109. The Balaban J connectivity index is 2.02. The lowest BCUT2D eigenvalue weighted by Crippen LogP contribution is -2.08. The van der Waals surface area contributed by atoms with Gasteiger partial charge in [0.15, 0.2) is 12.6 Å². The molecule has 0 aromatic heterocycles. The monoisotopic (exact) mass is 382 g/mol. The van der Waals surface area contributed by atoms with Crippen molar-refractivity contribution in [2.45, 2.75) is 44.4 Å². The van der Waals surface area contributed by atoms with E-state index in [-0.39, 0.29) is 0 Å². The summed E-state index contributed by atoms with van der Waals surface area (Å²) < 4.78 is 0. The molecule has 0 radical (unpaired) electrons. The van der Waals surface area contributed by atoms with Gasteiger partial charge in [0.05, 0.1) is 0 Å². The van der Waals surface area contributed by atoms with E-state index in [0.29, 0.717) is 17.0 Å². The molecule has 3 aromatic rings. The molecular weight excluding hydrogens is 356 g/mol. The third kappa shape index (κ3) is 3.93. The molecule has 0 amide bonds. The van der Waals surface area contributed by atoms with Crippen molar-refractivity contribution in [3.05, 3.63) is 83.4 Å². The first-order chi connectivity index (χ1) is 14.3. The summed E-state index contributed by atoms with van der Waals surface area (Å²) in [5.74, 6) is 0.337. The Morgan fingerprint density at radius 3 is 1.76 bits per heavy atom. The first-order valence-corrected chi connectivity index (χ1v) is 10.6. The molecule has 29 heavy (non-hydrogen) atoms. The minimum absolute atomic E-state index is 0.337. The SMILES string of the molecule is O=Cc1c(C2CCCCCC2)cc(-c2ccccc2)c(-c2ccccc2)c1C=O. The molecule has 1 aliphatic rings.